The van der Waals surface area contributed by atoms with Crippen molar-refractivity contribution in [3.8, 4) is 17.2 Å². The third-order valence-corrected chi connectivity index (χ3v) is 7.28. The summed E-state index contributed by atoms with van der Waals surface area (Å²) in [4.78, 5) is 31.8. The maximum absolute atomic E-state index is 13.7. The largest absolute Gasteiger partial charge is 0.504 e. The fourth-order valence-corrected chi connectivity index (χ4v) is 5.48. The molecule has 0 saturated heterocycles. The molecule has 0 fully saturated rings. The maximum atomic E-state index is 13.7. The lowest BCUT2D eigenvalue weighted by Gasteiger charge is -2.24. The zero-order valence-corrected chi connectivity index (χ0v) is 22.6. The quantitative estimate of drug-likeness (QED) is 0.434. The van der Waals surface area contributed by atoms with E-state index in [4.69, 9.17) is 14.2 Å². The summed E-state index contributed by atoms with van der Waals surface area (Å²) in [5.41, 5.74) is 1.88. The summed E-state index contributed by atoms with van der Waals surface area (Å²) < 4.78 is 18.6. The number of carbonyl (C=O) groups is 1. The normalized spacial score (nSPS) is 15.4. The number of fused-ring (bicyclic) bond motifs is 1. The van der Waals surface area contributed by atoms with Crippen LogP contribution in [-0.4, -0.2) is 36.0 Å². The Hall–Kier alpha value is -3.37. The first kappa shape index (κ1) is 25.7. The minimum atomic E-state index is -0.712. The van der Waals surface area contributed by atoms with Gasteiger partial charge in [0.1, 0.15) is 5.75 Å². The van der Waals surface area contributed by atoms with Gasteiger partial charge in [-0.1, -0.05) is 39.4 Å². The van der Waals surface area contributed by atoms with Crippen molar-refractivity contribution in [2.24, 2.45) is 4.99 Å². The molecule has 0 bridgehead atoms. The number of aromatic hydroxyl groups is 1. The number of phenols is 1. The van der Waals surface area contributed by atoms with Crippen molar-refractivity contribution in [1.29, 1.82) is 0 Å². The van der Waals surface area contributed by atoms with Crippen LogP contribution in [0.5, 0.6) is 17.2 Å². The van der Waals surface area contributed by atoms with Crippen LogP contribution in [0.2, 0.25) is 0 Å². The highest BCUT2D eigenvalue weighted by Gasteiger charge is 2.33. The Morgan fingerprint density at radius 3 is 2.58 bits per heavy atom. The van der Waals surface area contributed by atoms with Crippen LogP contribution >= 0.6 is 27.3 Å². The van der Waals surface area contributed by atoms with E-state index in [1.165, 1.54) is 29.1 Å². The lowest BCUT2D eigenvalue weighted by atomic mass is 9.96. The molecule has 0 saturated carbocycles. The first-order chi connectivity index (χ1) is 17.3. The van der Waals surface area contributed by atoms with Crippen molar-refractivity contribution in [2.75, 3.05) is 20.3 Å². The second-order valence-electron chi connectivity index (χ2n) is 7.85. The van der Waals surface area contributed by atoms with Crippen molar-refractivity contribution in [2.45, 2.75) is 26.8 Å². The Morgan fingerprint density at radius 1 is 1.22 bits per heavy atom. The summed E-state index contributed by atoms with van der Waals surface area (Å²) in [5, 5.41) is 10.0. The van der Waals surface area contributed by atoms with Crippen molar-refractivity contribution in [3.63, 3.8) is 0 Å². The number of thiazole rings is 1. The molecule has 10 heteroatoms. The van der Waals surface area contributed by atoms with Crippen LogP contribution in [-0.2, 0) is 9.53 Å². The smallest absolute Gasteiger partial charge is 0.338 e. The minimum Gasteiger partial charge on any atom is -0.504 e. The molecule has 1 aromatic heterocycles. The molecular formula is C26H25BrN2O6S. The van der Waals surface area contributed by atoms with Crippen molar-refractivity contribution in [1.82, 2.24) is 4.57 Å². The number of methoxy groups -OCH3 is 1. The van der Waals surface area contributed by atoms with Gasteiger partial charge in [-0.05, 0) is 62.2 Å². The SMILES string of the molecule is CCOC(=O)C1=C(C)N=c2s/c(=C\c3cc(OC)c(O)cc3Br)c(=O)n2[C@@H]1c1ccc(OCC)cc1. The molecule has 8 nitrogen and oxygen atoms in total. The molecule has 2 aromatic carbocycles. The highest BCUT2D eigenvalue weighted by atomic mass is 79.9. The van der Waals surface area contributed by atoms with E-state index in [-0.39, 0.29) is 23.7 Å². The molecule has 188 valence electrons. The molecule has 0 radical (unpaired) electrons. The molecule has 4 rings (SSSR count). The Morgan fingerprint density at radius 2 is 1.94 bits per heavy atom. The number of allylic oxidation sites excluding steroid dienone is 1. The third kappa shape index (κ3) is 4.83. The first-order valence-electron chi connectivity index (χ1n) is 11.3. The van der Waals surface area contributed by atoms with Gasteiger partial charge in [-0.25, -0.2) is 9.79 Å². The Balaban J connectivity index is 1.93. The van der Waals surface area contributed by atoms with Crippen LogP contribution in [0.1, 0.15) is 37.9 Å². The van der Waals surface area contributed by atoms with Gasteiger partial charge in [-0.2, -0.15) is 0 Å². The van der Waals surface area contributed by atoms with Crippen molar-refractivity contribution < 1.29 is 24.1 Å². The molecule has 1 aliphatic rings. The van der Waals surface area contributed by atoms with Gasteiger partial charge in [0.05, 0.1) is 42.2 Å². The average molecular weight is 573 g/mol. The van der Waals surface area contributed by atoms with Gasteiger partial charge >= 0.3 is 5.97 Å². The molecule has 3 aromatic rings. The number of esters is 1. The number of benzene rings is 2. The van der Waals surface area contributed by atoms with E-state index in [1.54, 1.807) is 26.0 Å². The monoisotopic (exact) mass is 572 g/mol. The van der Waals surface area contributed by atoms with Crippen LogP contribution < -0.4 is 24.4 Å². The lowest BCUT2D eigenvalue weighted by molar-refractivity contribution is -0.139. The van der Waals surface area contributed by atoms with Gasteiger partial charge in [-0.3, -0.25) is 9.36 Å². The minimum absolute atomic E-state index is 0.0202. The van der Waals surface area contributed by atoms with E-state index in [0.29, 0.717) is 43.0 Å². The zero-order chi connectivity index (χ0) is 26.0. The van der Waals surface area contributed by atoms with Crippen LogP contribution in [0.15, 0.2) is 61.9 Å². The predicted octanol–water partition coefficient (Wildman–Crippen LogP) is 3.67. The summed E-state index contributed by atoms with van der Waals surface area (Å²) in [7, 11) is 1.46. The topological polar surface area (TPSA) is 99.4 Å². The van der Waals surface area contributed by atoms with Gasteiger partial charge in [-0.15, -0.1) is 0 Å². The van der Waals surface area contributed by atoms with Crippen LogP contribution in [0.3, 0.4) is 0 Å². The predicted molar refractivity (Wildman–Crippen MR) is 140 cm³/mol. The molecule has 0 unspecified atom stereocenters. The summed E-state index contributed by atoms with van der Waals surface area (Å²) in [6, 6.07) is 9.73. The van der Waals surface area contributed by atoms with E-state index in [0.717, 1.165) is 5.56 Å². The van der Waals surface area contributed by atoms with E-state index < -0.39 is 12.0 Å². The number of hydrogen-bond acceptors (Lipinski definition) is 8. The molecule has 36 heavy (non-hydrogen) atoms. The van der Waals surface area contributed by atoms with Crippen molar-refractivity contribution >= 4 is 39.3 Å². The molecular weight excluding hydrogens is 548 g/mol. The maximum Gasteiger partial charge on any atom is 0.338 e. The Bertz CT molecular complexity index is 1520. The first-order valence-corrected chi connectivity index (χ1v) is 12.9. The number of ether oxygens (including phenoxy) is 3. The highest BCUT2D eigenvalue weighted by molar-refractivity contribution is 9.10. The number of carbonyl (C=O) groups excluding carboxylic acids is 1. The van der Waals surface area contributed by atoms with E-state index in [9.17, 15) is 14.7 Å². The number of halogens is 1. The molecule has 2 heterocycles. The van der Waals surface area contributed by atoms with Gasteiger partial charge in [0.2, 0.25) is 0 Å². The zero-order valence-electron chi connectivity index (χ0n) is 20.2. The fourth-order valence-electron chi connectivity index (χ4n) is 3.99. The van der Waals surface area contributed by atoms with Gasteiger partial charge in [0.25, 0.3) is 5.56 Å². The summed E-state index contributed by atoms with van der Waals surface area (Å²) in [6.07, 6.45) is 1.70. The highest BCUT2D eigenvalue weighted by Crippen LogP contribution is 2.33. The second kappa shape index (κ2) is 10.7. The molecule has 0 amide bonds. The fraction of sp³-hybridized carbons (Fsp3) is 0.269. The van der Waals surface area contributed by atoms with Gasteiger partial charge < -0.3 is 19.3 Å². The lowest BCUT2D eigenvalue weighted by Crippen LogP contribution is -2.39. The Labute approximate surface area is 219 Å². The van der Waals surface area contributed by atoms with Crippen molar-refractivity contribution in [3.05, 3.63) is 83.0 Å². The summed E-state index contributed by atoms with van der Waals surface area (Å²) in [6.45, 7) is 6.11. The molecule has 1 atom stereocenters. The standard InChI is InChI=1S/C26H25BrN2O6S/c1-5-34-17-9-7-15(8-10-17)23-22(25(32)35-6-2)14(3)28-26-29(23)24(31)21(36-26)12-16-11-20(33-4)19(30)13-18(16)27/h7-13,23,30H,5-6H2,1-4H3/b21-12-/t23-/m1/s1. The van der Waals surface area contributed by atoms with Crippen LogP contribution in [0.25, 0.3) is 6.08 Å². The van der Waals surface area contributed by atoms with E-state index in [2.05, 4.69) is 20.9 Å². The van der Waals surface area contributed by atoms with Gasteiger partial charge in [0, 0.05) is 4.47 Å². The third-order valence-electron chi connectivity index (χ3n) is 5.61. The summed E-state index contributed by atoms with van der Waals surface area (Å²) >= 11 is 4.65. The average Bonchev–Trinajstić information content (AvgIpc) is 3.15. The number of nitrogens with zero attached hydrogens (tertiary/aromatic N) is 2. The Kier molecular flexibility index (Phi) is 7.65. The van der Waals surface area contributed by atoms with Crippen LogP contribution in [0.4, 0.5) is 0 Å². The van der Waals surface area contributed by atoms with Gasteiger partial charge in [0.15, 0.2) is 16.3 Å². The molecule has 1 aliphatic heterocycles. The van der Waals surface area contributed by atoms with E-state index >= 15 is 0 Å². The van der Waals surface area contributed by atoms with E-state index in [1.807, 2.05) is 31.2 Å². The molecule has 0 aliphatic carbocycles. The number of rotatable bonds is 7. The number of aromatic nitrogens is 1. The van der Waals surface area contributed by atoms with Crippen LogP contribution in [0, 0.1) is 0 Å². The number of phenolic OH excluding ortho intramolecular Hbond substituents is 1. The number of hydrogen-bond donors (Lipinski definition) is 1. The summed E-state index contributed by atoms with van der Waals surface area (Å²) in [5.74, 6) is 0.439. The molecule has 0 spiro atoms. The molecule has 1 N–H and O–H groups in total. The second-order valence-corrected chi connectivity index (χ2v) is 9.71.